The number of esters is 1. The van der Waals surface area contributed by atoms with Crippen LogP contribution >= 0.6 is 0 Å². The van der Waals surface area contributed by atoms with Crippen LogP contribution in [-0.2, 0) is 23.8 Å². The van der Waals surface area contributed by atoms with Gasteiger partial charge in [-0.2, -0.15) is 0 Å². The zero-order valence-corrected chi connectivity index (χ0v) is 19.0. The Kier molecular flexibility index (Phi) is 4.89. The van der Waals surface area contributed by atoms with E-state index in [0.717, 1.165) is 17.6 Å². The third kappa shape index (κ3) is 2.41. The van der Waals surface area contributed by atoms with Gasteiger partial charge < -0.3 is 19.3 Å². The smallest absolute Gasteiger partial charge is 0.303 e. The molecule has 2 fully saturated rings. The maximum absolute atomic E-state index is 14.4. The van der Waals surface area contributed by atoms with Crippen molar-refractivity contribution < 1.29 is 28.9 Å². The number of Topliss-reactive ketones (excluding diaryl/α,β-unsaturated/α-hetero) is 1. The Labute approximate surface area is 178 Å². The maximum atomic E-state index is 14.4. The average Bonchev–Trinajstić information content (AvgIpc) is 3.14. The summed E-state index contributed by atoms with van der Waals surface area (Å²) in [5, 5.41) is 9.75. The number of methoxy groups -OCH3 is 1. The summed E-state index contributed by atoms with van der Waals surface area (Å²) in [7, 11) is 1.56. The highest BCUT2D eigenvalue weighted by molar-refractivity contribution is 5.95. The Hall–Kier alpha value is -1.50. The van der Waals surface area contributed by atoms with E-state index >= 15 is 0 Å². The van der Waals surface area contributed by atoms with Gasteiger partial charge in [0, 0.05) is 20.0 Å². The zero-order chi connectivity index (χ0) is 22.2. The number of fused-ring (bicyclic) bond motifs is 3. The van der Waals surface area contributed by atoms with Crippen molar-refractivity contribution in [3.05, 3.63) is 23.3 Å². The third-order valence-corrected chi connectivity index (χ3v) is 8.63. The highest BCUT2D eigenvalue weighted by atomic mass is 16.6. The summed E-state index contributed by atoms with van der Waals surface area (Å²) in [6, 6.07) is 0. The lowest BCUT2D eigenvalue weighted by Gasteiger charge is -2.52. The van der Waals surface area contributed by atoms with Gasteiger partial charge in [-0.05, 0) is 54.6 Å². The molecule has 2 bridgehead atoms. The predicted molar refractivity (Wildman–Crippen MR) is 110 cm³/mol. The fraction of sp³-hybridized carbons (Fsp3) is 0.750. The van der Waals surface area contributed by atoms with Gasteiger partial charge in [-0.3, -0.25) is 9.59 Å². The predicted octanol–water partition coefficient (Wildman–Crippen LogP) is 3.04. The molecule has 0 amide bonds. The van der Waals surface area contributed by atoms with E-state index in [1.54, 1.807) is 7.11 Å². The van der Waals surface area contributed by atoms with Crippen LogP contribution in [0.2, 0.25) is 0 Å². The number of aliphatic hydroxyl groups excluding tert-OH is 1. The number of carbonyl (C=O) groups excluding carboxylic acids is 2. The first-order chi connectivity index (χ1) is 14.0. The van der Waals surface area contributed by atoms with E-state index in [4.69, 9.17) is 14.2 Å². The largest absolute Gasteiger partial charge is 0.455 e. The van der Waals surface area contributed by atoms with Crippen molar-refractivity contribution in [2.24, 2.45) is 34.5 Å². The van der Waals surface area contributed by atoms with Gasteiger partial charge in [0.1, 0.15) is 12.9 Å². The number of rotatable bonds is 4. The molecule has 1 spiro atoms. The summed E-state index contributed by atoms with van der Waals surface area (Å²) in [4.78, 5) is 26.5. The summed E-state index contributed by atoms with van der Waals surface area (Å²) in [6.45, 7) is 11.3. The number of hydrogen-bond acceptors (Lipinski definition) is 6. The fourth-order valence-corrected chi connectivity index (χ4v) is 7.39. The maximum Gasteiger partial charge on any atom is 0.303 e. The van der Waals surface area contributed by atoms with Crippen molar-refractivity contribution in [3.63, 3.8) is 0 Å². The summed E-state index contributed by atoms with van der Waals surface area (Å²) in [5.74, 6) is 0.110. The van der Waals surface area contributed by atoms with Crippen LogP contribution in [0.5, 0.6) is 0 Å². The van der Waals surface area contributed by atoms with Crippen LogP contribution in [0.25, 0.3) is 0 Å². The van der Waals surface area contributed by atoms with Crippen molar-refractivity contribution in [1.82, 2.24) is 0 Å². The Bertz CT molecular complexity index is 841. The van der Waals surface area contributed by atoms with Crippen molar-refractivity contribution in [3.8, 4) is 0 Å². The summed E-state index contributed by atoms with van der Waals surface area (Å²) in [5.41, 5.74) is -0.538. The molecular formula is C24H34O6. The molecule has 0 saturated heterocycles. The van der Waals surface area contributed by atoms with E-state index in [0.29, 0.717) is 5.92 Å². The van der Waals surface area contributed by atoms with Crippen molar-refractivity contribution >= 4 is 11.8 Å². The first-order valence-electron chi connectivity index (χ1n) is 10.9. The molecule has 0 aliphatic heterocycles. The van der Waals surface area contributed by atoms with E-state index in [1.165, 1.54) is 6.92 Å². The first kappa shape index (κ1) is 21.7. The lowest BCUT2D eigenvalue weighted by atomic mass is 9.58. The van der Waals surface area contributed by atoms with Gasteiger partial charge in [0.15, 0.2) is 17.5 Å². The van der Waals surface area contributed by atoms with Crippen LogP contribution in [0.3, 0.4) is 0 Å². The Morgan fingerprint density at radius 1 is 1.23 bits per heavy atom. The molecule has 6 nitrogen and oxygen atoms in total. The second kappa shape index (κ2) is 6.75. The number of carbonyl (C=O) groups is 2. The van der Waals surface area contributed by atoms with E-state index in [-0.39, 0.29) is 29.0 Å². The molecule has 30 heavy (non-hydrogen) atoms. The third-order valence-electron chi connectivity index (χ3n) is 8.63. The summed E-state index contributed by atoms with van der Waals surface area (Å²) < 4.78 is 17.9. The van der Waals surface area contributed by atoms with E-state index < -0.39 is 36.0 Å². The molecule has 1 N–H and O–H groups in total. The lowest BCUT2D eigenvalue weighted by molar-refractivity contribution is -0.231. The van der Waals surface area contributed by atoms with Crippen LogP contribution in [0.15, 0.2) is 23.3 Å². The molecule has 0 aromatic rings. The molecule has 0 heterocycles. The Morgan fingerprint density at radius 3 is 2.47 bits per heavy atom. The topological polar surface area (TPSA) is 82.1 Å². The van der Waals surface area contributed by atoms with Crippen LogP contribution < -0.4 is 0 Å². The van der Waals surface area contributed by atoms with E-state index in [2.05, 4.69) is 20.8 Å². The highest BCUT2D eigenvalue weighted by Crippen LogP contribution is 2.72. The molecule has 6 heteroatoms. The molecule has 4 aliphatic rings. The second-order valence-corrected chi connectivity index (χ2v) is 10.3. The SMILES string of the molecule is CO[C@]12[C@H](OCO)C(C)=C[C@@H]3C(=O)[C@]1(C=C(C)[C@@H]2OC(C)=O)[C@H](C)C[C@@H]1[C@H]3C1(C)C. The van der Waals surface area contributed by atoms with Gasteiger partial charge in [0.05, 0.1) is 5.41 Å². The molecule has 2 saturated carbocycles. The van der Waals surface area contributed by atoms with Crippen LogP contribution in [0.1, 0.15) is 48.0 Å². The summed E-state index contributed by atoms with van der Waals surface area (Å²) >= 11 is 0. The quantitative estimate of drug-likeness (QED) is 0.429. The summed E-state index contributed by atoms with van der Waals surface area (Å²) in [6.07, 6.45) is 3.41. The Morgan fingerprint density at radius 2 is 1.90 bits per heavy atom. The standard InChI is InChI=1S/C24H34O6/c1-12-8-16-18-17(22(18,5)6)9-14(3)23(19(16)27)10-13(2)21(30-15(4)26)24(23,28-7)20(12)29-11-25/h8,10,14,16-18,20-21,25H,9,11H2,1-7H3/t14-,16+,17-,18+,20-,21+,23+,24+/m1/s1. The monoisotopic (exact) mass is 418 g/mol. The molecule has 0 aromatic heterocycles. The van der Waals surface area contributed by atoms with Gasteiger partial charge in [-0.1, -0.05) is 32.9 Å². The second-order valence-electron chi connectivity index (χ2n) is 10.3. The molecule has 0 unspecified atom stereocenters. The van der Waals surface area contributed by atoms with E-state index in [1.807, 2.05) is 26.0 Å². The van der Waals surface area contributed by atoms with E-state index in [9.17, 15) is 14.7 Å². The molecule has 4 rings (SSSR count). The highest BCUT2D eigenvalue weighted by Gasteiger charge is 2.77. The first-order valence-corrected chi connectivity index (χ1v) is 10.9. The Balaban J connectivity index is 2.01. The number of ketones is 1. The lowest BCUT2D eigenvalue weighted by Crippen LogP contribution is -2.67. The van der Waals surface area contributed by atoms with Crippen molar-refractivity contribution in [2.75, 3.05) is 13.9 Å². The van der Waals surface area contributed by atoms with Gasteiger partial charge in [0.2, 0.25) is 0 Å². The molecule has 0 aromatic carbocycles. The van der Waals surface area contributed by atoms with Crippen molar-refractivity contribution in [1.29, 1.82) is 0 Å². The number of ether oxygens (including phenoxy) is 3. The van der Waals surface area contributed by atoms with Crippen LogP contribution in [0, 0.1) is 34.5 Å². The number of aliphatic hydroxyl groups is 1. The molecular weight excluding hydrogens is 384 g/mol. The zero-order valence-electron chi connectivity index (χ0n) is 19.0. The number of hydrogen-bond donors (Lipinski definition) is 1. The number of allylic oxidation sites excluding steroid dienone is 1. The minimum atomic E-state index is -1.27. The average molecular weight is 419 g/mol. The van der Waals surface area contributed by atoms with Crippen LogP contribution in [0.4, 0.5) is 0 Å². The molecule has 166 valence electrons. The van der Waals surface area contributed by atoms with Crippen molar-refractivity contribution in [2.45, 2.75) is 65.8 Å². The van der Waals surface area contributed by atoms with Gasteiger partial charge in [-0.15, -0.1) is 0 Å². The van der Waals surface area contributed by atoms with Crippen LogP contribution in [-0.4, -0.2) is 48.6 Å². The van der Waals surface area contributed by atoms with Gasteiger partial charge in [0.25, 0.3) is 0 Å². The molecule has 4 aliphatic carbocycles. The van der Waals surface area contributed by atoms with Gasteiger partial charge >= 0.3 is 5.97 Å². The van der Waals surface area contributed by atoms with Gasteiger partial charge in [-0.25, -0.2) is 0 Å². The fourth-order valence-electron chi connectivity index (χ4n) is 7.39. The minimum absolute atomic E-state index is 0.0381. The molecule has 0 radical (unpaired) electrons. The normalized spacial score (nSPS) is 46.1. The molecule has 8 atom stereocenters. The minimum Gasteiger partial charge on any atom is -0.455 e.